The van der Waals surface area contributed by atoms with Crippen LogP contribution in [0.15, 0.2) is 0 Å². The predicted octanol–water partition coefficient (Wildman–Crippen LogP) is -1.32. The van der Waals surface area contributed by atoms with E-state index in [1.54, 1.807) is 0 Å². The maximum atomic E-state index is 10.6. The standard InChI is InChI=1S/C9H20N2O4S/c12-8-7-11(5-2-10-3-6-11)4-1-9-16(13,14)15/h10,12H,1-9H2/p+1. The minimum absolute atomic E-state index is 0.117. The van der Waals surface area contributed by atoms with Crippen LogP contribution < -0.4 is 5.32 Å². The molecule has 7 heteroatoms. The molecular weight excluding hydrogens is 232 g/mol. The van der Waals surface area contributed by atoms with Crippen LogP contribution in [0.3, 0.4) is 0 Å². The fourth-order valence-electron chi connectivity index (χ4n) is 2.22. The van der Waals surface area contributed by atoms with Gasteiger partial charge in [0.15, 0.2) is 0 Å². The van der Waals surface area contributed by atoms with Gasteiger partial charge in [0.2, 0.25) is 0 Å². The summed E-state index contributed by atoms with van der Waals surface area (Å²) in [4.78, 5) is 0. The Kier molecular flexibility index (Phi) is 5.13. The zero-order valence-electron chi connectivity index (χ0n) is 9.43. The number of hydrogen-bond donors (Lipinski definition) is 3. The Labute approximate surface area is 96.6 Å². The molecule has 16 heavy (non-hydrogen) atoms. The van der Waals surface area contributed by atoms with Crippen LogP contribution >= 0.6 is 0 Å². The second-order valence-electron chi connectivity index (χ2n) is 4.35. The molecule has 0 saturated carbocycles. The Morgan fingerprint density at radius 1 is 1.19 bits per heavy atom. The summed E-state index contributed by atoms with van der Waals surface area (Å²) in [6.45, 7) is 5.08. The van der Waals surface area contributed by atoms with Gasteiger partial charge in [0.25, 0.3) is 10.1 Å². The maximum absolute atomic E-state index is 10.6. The third kappa shape index (κ3) is 4.75. The zero-order valence-corrected chi connectivity index (χ0v) is 10.2. The molecule has 0 aliphatic carbocycles. The van der Waals surface area contributed by atoms with Gasteiger partial charge in [0.1, 0.15) is 6.54 Å². The number of nitrogens with one attached hydrogen (secondary N) is 1. The van der Waals surface area contributed by atoms with E-state index in [1.165, 1.54) is 0 Å². The van der Waals surface area contributed by atoms with Crippen LogP contribution in [0, 0.1) is 0 Å². The van der Waals surface area contributed by atoms with E-state index in [9.17, 15) is 8.42 Å². The van der Waals surface area contributed by atoms with E-state index in [4.69, 9.17) is 9.66 Å². The molecule has 0 spiro atoms. The maximum Gasteiger partial charge on any atom is 0.265 e. The molecule has 0 aromatic heterocycles. The lowest BCUT2D eigenvalue weighted by Gasteiger charge is -2.41. The van der Waals surface area contributed by atoms with Gasteiger partial charge in [-0.05, 0) is 0 Å². The van der Waals surface area contributed by atoms with Gasteiger partial charge in [-0.15, -0.1) is 0 Å². The molecule has 0 unspecified atom stereocenters. The Bertz CT molecular complexity index is 293. The highest BCUT2D eigenvalue weighted by atomic mass is 32.2. The lowest BCUT2D eigenvalue weighted by atomic mass is 10.2. The summed E-state index contributed by atoms with van der Waals surface area (Å²) in [5.41, 5.74) is 0. The molecule has 0 amide bonds. The van der Waals surface area contributed by atoms with Crippen molar-refractivity contribution in [3.63, 3.8) is 0 Å². The van der Waals surface area contributed by atoms with Crippen molar-refractivity contribution in [2.45, 2.75) is 6.42 Å². The van der Waals surface area contributed by atoms with Crippen LogP contribution in [0.2, 0.25) is 0 Å². The number of nitrogens with zero attached hydrogens (tertiary/aromatic N) is 1. The summed E-state index contributed by atoms with van der Waals surface area (Å²) in [6.07, 6.45) is 0.443. The first-order valence-corrected chi connectivity index (χ1v) is 7.20. The molecule has 1 aliphatic rings. The summed E-state index contributed by atoms with van der Waals surface area (Å²) in [6, 6.07) is 0. The lowest BCUT2D eigenvalue weighted by molar-refractivity contribution is -0.929. The summed E-state index contributed by atoms with van der Waals surface area (Å²) in [5, 5.41) is 12.3. The van der Waals surface area contributed by atoms with Crippen LogP contribution in [0.4, 0.5) is 0 Å². The molecular formula is C9H21N2O4S+. The largest absolute Gasteiger partial charge is 0.391 e. The number of piperazine rings is 1. The molecule has 1 saturated heterocycles. The van der Waals surface area contributed by atoms with E-state index in [0.29, 0.717) is 19.5 Å². The van der Waals surface area contributed by atoms with Crippen LogP contribution in [0.1, 0.15) is 6.42 Å². The van der Waals surface area contributed by atoms with Crippen LogP contribution in [-0.4, -0.2) is 74.2 Å². The van der Waals surface area contributed by atoms with E-state index in [1.807, 2.05) is 0 Å². The van der Waals surface area contributed by atoms with Crippen molar-refractivity contribution in [2.24, 2.45) is 0 Å². The first-order valence-electron chi connectivity index (χ1n) is 5.59. The average molecular weight is 253 g/mol. The minimum Gasteiger partial charge on any atom is -0.391 e. The fraction of sp³-hybridized carbons (Fsp3) is 1.00. The Hall–Kier alpha value is -0.210. The Morgan fingerprint density at radius 2 is 1.81 bits per heavy atom. The molecule has 6 nitrogen and oxygen atoms in total. The average Bonchev–Trinajstić information content (AvgIpc) is 2.17. The van der Waals surface area contributed by atoms with Crippen molar-refractivity contribution in [3.8, 4) is 0 Å². The molecule has 1 aliphatic heterocycles. The van der Waals surface area contributed by atoms with Gasteiger partial charge >= 0.3 is 0 Å². The van der Waals surface area contributed by atoms with Crippen LogP contribution in [0.25, 0.3) is 0 Å². The van der Waals surface area contributed by atoms with Crippen molar-refractivity contribution in [2.75, 3.05) is 51.6 Å². The van der Waals surface area contributed by atoms with Crippen molar-refractivity contribution in [3.05, 3.63) is 0 Å². The Morgan fingerprint density at radius 3 is 2.31 bits per heavy atom. The highest BCUT2D eigenvalue weighted by molar-refractivity contribution is 7.85. The van der Waals surface area contributed by atoms with E-state index in [2.05, 4.69) is 5.32 Å². The van der Waals surface area contributed by atoms with Crippen LogP contribution in [-0.2, 0) is 10.1 Å². The molecule has 3 N–H and O–H groups in total. The highest BCUT2D eigenvalue weighted by Crippen LogP contribution is 2.10. The first-order chi connectivity index (χ1) is 7.47. The molecule has 0 aromatic carbocycles. The van der Waals surface area contributed by atoms with Gasteiger partial charge in [-0.25, -0.2) is 0 Å². The van der Waals surface area contributed by atoms with Crippen LogP contribution in [0.5, 0.6) is 0 Å². The van der Waals surface area contributed by atoms with Gasteiger partial charge in [-0.1, -0.05) is 0 Å². The van der Waals surface area contributed by atoms with Gasteiger partial charge in [-0.3, -0.25) is 4.55 Å². The number of rotatable bonds is 6. The number of quaternary nitrogens is 1. The van der Waals surface area contributed by atoms with Crippen molar-refractivity contribution in [1.82, 2.24) is 5.32 Å². The van der Waals surface area contributed by atoms with E-state index >= 15 is 0 Å². The smallest absolute Gasteiger partial charge is 0.265 e. The van der Waals surface area contributed by atoms with Gasteiger partial charge in [0, 0.05) is 19.5 Å². The SMILES string of the molecule is O=S(=O)(O)CCC[N+]1(CCO)CCNCC1. The third-order valence-electron chi connectivity index (χ3n) is 3.13. The first kappa shape index (κ1) is 13.9. The number of aliphatic hydroxyl groups excluding tert-OH is 1. The van der Waals surface area contributed by atoms with E-state index in [-0.39, 0.29) is 12.4 Å². The van der Waals surface area contributed by atoms with Gasteiger partial charge < -0.3 is 14.9 Å². The molecule has 96 valence electrons. The van der Waals surface area contributed by atoms with E-state index < -0.39 is 10.1 Å². The lowest BCUT2D eigenvalue weighted by Crippen LogP contribution is -2.60. The molecule has 0 bridgehead atoms. The normalized spacial score (nSPS) is 20.9. The van der Waals surface area contributed by atoms with Gasteiger partial charge in [-0.2, -0.15) is 8.42 Å². The third-order valence-corrected chi connectivity index (χ3v) is 3.94. The second-order valence-corrected chi connectivity index (χ2v) is 5.92. The summed E-state index contributed by atoms with van der Waals surface area (Å²) < 4.78 is 30.7. The topological polar surface area (TPSA) is 86.6 Å². The second kappa shape index (κ2) is 5.92. The number of aliphatic hydroxyl groups is 1. The molecule has 0 aromatic rings. The zero-order chi connectivity index (χ0) is 12.1. The summed E-state index contributed by atoms with van der Waals surface area (Å²) in [7, 11) is -3.85. The van der Waals surface area contributed by atoms with E-state index in [0.717, 1.165) is 30.7 Å². The molecule has 0 radical (unpaired) electrons. The molecule has 1 rings (SSSR count). The van der Waals surface area contributed by atoms with Crippen molar-refractivity contribution < 1.29 is 22.6 Å². The minimum atomic E-state index is -3.85. The van der Waals surface area contributed by atoms with Crippen molar-refractivity contribution in [1.29, 1.82) is 0 Å². The predicted molar refractivity (Wildman–Crippen MR) is 60.7 cm³/mol. The van der Waals surface area contributed by atoms with Crippen molar-refractivity contribution >= 4 is 10.1 Å². The molecule has 1 heterocycles. The number of hydrogen-bond acceptors (Lipinski definition) is 4. The fourth-order valence-corrected chi connectivity index (χ4v) is 2.72. The van der Waals surface area contributed by atoms with Gasteiger partial charge in [0.05, 0.1) is 32.0 Å². The summed E-state index contributed by atoms with van der Waals surface area (Å²) >= 11 is 0. The summed E-state index contributed by atoms with van der Waals surface area (Å²) in [5.74, 6) is -0.189. The molecule has 0 atom stereocenters. The quantitative estimate of drug-likeness (QED) is 0.403. The highest BCUT2D eigenvalue weighted by Gasteiger charge is 2.29. The molecule has 1 fully saturated rings. The monoisotopic (exact) mass is 253 g/mol. The Balaban J connectivity index is 2.44.